The van der Waals surface area contributed by atoms with Gasteiger partial charge in [-0.05, 0) is 30.3 Å². The summed E-state index contributed by atoms with van der Waals surface area (Å²) in [6.07, 6.45) is 1.28. The van der Waals surface area contributed by atoms with Crippen molar-refractivity contribution in [1.82, 2.24) is 4.98 Å². The molecule has 0 fully saturated rings. The number of hydrogen-bond donors (Lipinski definition) is 2. The zero-order valence-corrected chi connectivity index (χ0v) is 11.9. The minimum Gasteiger partial charge on any atom is -0.755 e. The standard InChI is InChI=1S/C12H9ClFN3O3S/c13-9-6-8(1-2-10(9)14)16-12(18)7-3-4-15-11(5-7)17-21(19)20/h1-6H,(H,15,17)(H,16,18)(H,19,20)/p-1. The van der Waals surface area contributed by atoms with Gasteiger partial charge >= 0.3 is 0 Å². The molecule has 0 aliphatic carbocycles. The molecule has 110 valence electrons. The van der Waals surface area contributed by atoms with Gasteiger partial charge in [0.15, 0.2) is 0 Å². The van der Waals surface area contributed by atoms with Crippen LogP contribution in [0.1, 0.15) is 10.4 Å². The van der Waals surface area contributed by atoms with Gasteiger partial charge < -0.3 is 14.6 Å². The van der Waals surface area contributed by atoms with Gasteiger partial charge in [0.1, 0.15) is 11.6 Å². The number of nitrogens with zero attached hydrogens (tertiary/aromatic N) is 1. The van der Waals surface area contributed by atoms with E-state index >= 15 is 0 Å². The lowest BCUT2D eigenvalue weighted by molar-refractivity contribution is 0.102. The number of carbonyl (C=O) groups excluding carboxylic acids is 1. The Balaban J connectivity index is 2.16. The number of rotatable bonds is 4. The van der Waals surface area contributed by atoms with E-state index in [-0.39, 0.29) is 16.4 Å². The Hall–Kier alpha value is -2.03. The van der Waals surface area contributed by atoms with Crippen molar-refractivity contribution in [2.45, 2.75) is 0 Å². The number of nitrogens with one attached hydrogen (secondary N) is 2. The quantitative estimate of drug-likeness (QED) is 0.842. The maximum atomic E-state index is 13.0. The van der Waals surface area contributed by atoms with E-state index in [2.05, 4.69) is 10.3 Å². The van der Waals surface area contributed by atoms with E-state index in [9.17, 15) is 17.9 Å². The molecule has 0 radical (unpaired) electrons. The van der Waals surface area contributed by atoms with Gasteiger partial charge in [0.25, 0.3) is 5.91 Å². The van der Waals surface area contributed by atoms with E-state index < -0.39 is 23.0 Å². The Bertz CT molecular complexity index is 714. The Morgan fingerprint density at radius 1 is 1.33 bits per heavy atom. The normalized spacial score (nSPS) is 11.8. The molecule has 21 heavy (non-hydrogen) atoms. The highest BCUT2D eigenvalue weighted by molar-refractivity contribution is 7.80. The first-order chi connectivity index (χ1) is 9.95. The lowest BCUT2D eigenvalue weighted by Gasteiger charge is -2.09. The van der Waals surface area contributed by atoms with E-state index in [1.807, 2.05) is 4.72 Å². The molecule has 0 spiro atoms. The van der Waals surface area contributed by atoms with Crippen molar-refractivity contribution in [3.63, 3.8) is 0 Å². The summed E-state index contributed by atoms with van der Waals surface area (Å²) < 4.78 is 36.1. The molecule has 1 amide bonds. The molecule has 0 aliphatic heterocycles. The van der Waals surface area contributed by atoms with Gasteiger partial charge in [-0.1, -0.05) is 11.6 Å². The number of amides is 1. The first-order valence-corrected chi connectivity index (χ1v) is 6.99. The van der Waals surface area contributed by atoms with Crippen LogP contribution in [-0.2, 0) is 11.3 Å². The van der Waals surface area contributed by atoms with Crippen LogP contribution in [0.5, 0.6) is 0 Å². The Morgan fingerprint density at radius 2 is 2.10 bits per heavy atom. The lowest BCUT2D eigenvalue weighted by atomic mass is 10.2. The smallest absolute Gasteiger partial charge is 0.255 e. The average molecular weight is 329 g/mol. The minimum atomic E-state index is -2.54. The van der Waals surface area contributed by atoms with Crippen molar-refractivity contribution in [1.29, 1.82) is 0 Å². The Kier molecular flexibility index (Phi) is 4.84. The molecule has 1 unspecified atom stereocenters. The fraction of sp³-hybridized carbons (Fsp3) is 0. The lowest BCUT2D eigenvalue weighted by Crippen LogP contribution is -2.13. The van der Waals surface area contributed by atoms with E-state index in [4.69, 9.17) is 11.6 Å². The molecule has 1 atom stereocenters. The summed E-state index contributed by atoms with van der Waals surface area (Å²) in [6, 6.07) is 6.40. The Labute approximate surface area is 126 Å². The molecule has 0 saturated carbocycles. The first-order valence-electron chi connectivity index (χ1n) is 5.54. The van der Waals surface area contributed by atoms with Gasteiger partial charge in [-0.25, -0.2) is 9.37 Å². The molecule has 0 aliphatic rings. The summed E-state index contributed by atoms with van der Waals surface area (Å²) in [5.74, 6) is -1.10. The number of benzene rings is 1. The fourth-order valence-corrected chi connectivity index (χ4v) is 1.95. The van der Waals surface area contributed by atoms with E-state index in [0.29, 0.717) is 5.69 Å². The Morgan fingerprint density at radius 3 is 2.76 bits per heavy atom. The van der Waals surface area contributed by atoms with Crippen LogP contribution < -0.4 is 10.0 Å². The SMILES string of the molecule is O=C(Nc1ccc(F)c(Cl)c1)c1ccnc(NS(=O)[O-])c1. The fourth-order valence-electron chi connectivity index (χ4n) is 1.49. The maximum absolute atomic E-state index is 13.0. The molecule has 1 aromatic carbocycles. The molecule has 1 heterocycles. The summed E-state index contributed by atoms with van der Waals surface area (Å²) in [4.78, 5) is 15.7. The van der Waals surface area contributed by atoms with Crippen LogP contribution in [0.4, 0.5) is 15.9 Å². The third-order valence-corrected chi connectivity index (χ3v) is 3.05. The number of aromatic nitrogens is 1. The summed E-state index contributed by atoms with van der Waals surface area (Å²) in [7, 11) is 0. The predicted octanol–water partition coefficient (Wildman–Crippen LogP) is 2.33. The second kappa shape index (κ2) is 6.61. The molecule has 2 N–H and O–H groups in total. The number of halogens is 2. The molecule has 6 nitrogen and oxygen atoms in total. The van der Waals surface area contributed by atoms with Gasteiger partial charge in [-0.3, -0.25) is 9.00 Å². The number of anilines is 2. The van der Waals surface area contributed by atoms with Crippen molar-refractivity contribution in [3.8, 4) is 0 Å². The molecule has 9 heteroatoms. The van der Waals surface area contributed by atoms with Crippen LogP contribution in [0, 0.1) is 5.82 Å². The second-order valence-corrected chi connectivity index (χ2v) is 4.93. The van der Waals surface area contributed by atoms with E-state index in [1.54, 1.807) is 0 Å². The number of carbonyl (C=O) groups is 1. The number of hydrogen-bond acceptors (Lipinski definition) is 4. The van der Waals surface area contributed by atoms with Crippen molar-refractivity contribution in [2.24, 2.45) is 0 Å². The van der Waals surface area contributed by atoms with Crippen LogP contribution in [-0.4, -0.2) is 19.7 Å². The molecule has 0 bridgehead atoms. The molecular formula is C12H8ClFN3O3S-. The van der Waals surface area contributed by atoms with E-state index in [0.717, 1.165) is 6.07 Å². The predicted molar refractivity (Wildman–Crippen MR) is 76.1 cm³/mol. The van der Waals surface area contributed by atoms with Gasteiger partial charge in [0.05, 0.1) is 5.02 Å². The van der Waals surface area contributed by atoms with Crippen LogP contribution in [0.25, 0.3) is 0 Å². The topological polar surface area (TPSA) is 94.2 Å². The summed E-state index contributed by atoms with van der Waals surface area (Å²) in [5, 5.41) is 2.39. The highest BCUT2D eigenvalue weighted by Crippen LogP contribution is 2.20. The molecule has 0 saturated heterocycles. The zero-order chi connectivity index (χ0) is 15.4. The van der Waals surface area contributed by atoms with Gasteiger partial charge in [-0.15, -0.1) is 0 Å². The maximum Gasteiger partial charge on any atom is 0.255 e. The van der Waals surface area contributed by atoms with Gasteiger partial charge in [0.2, 0.25) is 0 Å². The average Bonchev–Trinajstić information content (AvgIpc) is 2.42. The summed E-state index contributed by atoms with van der Waals surface area (Å²) in [5.41, 5.74) is 0.489. The van der Waals surface area contributed by atoms with Gasteiger partial charge in [0, 0.05) is 28.7 Å². The van der Waals surface area contributed by atoms with Crippen molar-refractivity contribution >= 4 is 40.3 Å². The van der Waals surface area contributed by atoms with Crippen molar-refractivity contribution in [3.05, 3.63) is 52.9 Å². The minimum absolute atomic E-state index is 0.00752. The number of pyridine rings is 1. The van der Waals surface area contributed by atoms with Crippen LogP contribution in [0.2, 0.25) is 5.02 Å². The molecular weight excluding hydrogens is 321 g/mol. The first kappa shape index (κ1) is 15.4. The summed E-state index contributed by atoms with van der Waals surface area (Å²) in [6.45, 7) is 0. The molecule has 2 aromatic rings. The highest BCUT2D eigenvalue weighted by atomic mass is 35.5. The second-order valence-electron chi connectivity index (χ2n) is 3.85. The third kappa shape index (κ3) is 4.22. The monoisotopic (exact) mass is 328 g/mol. The van der Waals surface area contributed by atoms with E-state index in [1.165, 1.54) is 30.5 Å². The van der Waals surface area contributed by atoms with Crippen LogP contribution in [0.15, 0.2) is 36.5 Å². The van der Waals surface area contributed by atoms with Crippen LogP contribution in [0.3, 0.4) is 0 Å². The molecule has 1 aromatic heterocycles. The van der Waals surface area contributed by atoms with Crippen LogP contribution >= 0.6 is 11.6 Å². The zero-order valence-electron chi connectivity index (χ0n) is 10.3. The van der Waals surface area contributed by atoms with Gasteiger partial charge in [-0.2, -0.15) is 0 Å². The molecule has 2 rings (SSSR count). The third-order valence-electron chi connectivity index (χ3n) is 2.39. The summed E-state index contributed by atoms with van der Waals surface area (Å²) >= 11 is 3.08. The highest BCUT2D eigenvalue weighted by Gasteiger charge is 2.09. The van der Waals surface area contributed by atoms with Crippen molar-refractivity contribution in [2.75, 3.05) is 10.0 Å². The largest absolute Gasteiger partial charge is 0.755 e. The van der Waals surface area contributed by atoms with Crippen molar-refractivity contribution < 1.29 is 17.9 Å².